The first kappa shape index (κ1) is 16.6. The molecule has 4 aliphatic carbocycles. The molecule has 27 heavy (non-hydrogen) atoms. The van der Waals surface area contributed by atoms with Gasteiger partial charge in [-0.3, -0.25) is 5.32 Å². The number of amides is 2. The molecule has 0 aliphatic heterocycles. The van der Waals surface area contributed by atoms with E-state index in [1.165, 1.54) is 6.42 Å². The summed E-state index contributed by atoms with van der Waals surface area (Å²) >= 11 is 0. The van der Waals surface area contributed by atoms with Crippen LogP contribution in [0.4, 0.5) is 10.7 Å². The molecule has 4 bridgehead atoms. The minimum Gasteiger partial charge on any atom is -0.332 e. The average Bonchev–Trinajstić information content (AvgIpc) is 3.22. The van der Waals surface area contributed by atoms with E-state index >= 15 is 0 Å². The number of carbonyl (C=O) groups excluding carboxylic acids is 1. The van der Waals surface area contributed by atoms with Gasteiger partial charge in [-0.25, -0.2) is 9.48 Å². The fraction of sp³-hybridized carbons (Fsp3) is 0.812. The third-order valence-corrected chi connectivity index (χ3v) is 6.40. The van der Waals surface area contributed by atoms with Gasteiger partial charge in [0.05, 0.1) is 5.54 Å². The Labute approximate surface area is 156 Å². The molecule has 6 rings (SSSR count). The highest BCUT2D eigenvalue weighted by Gasteiger charge is 2.60. The summed E-state index contributed by atoms with van der Waals surface area (Å²) < 4.78 is 1.56. The average molecular weight is 372 g/mol. The Morgan fingerprint density at radius 2 is 1.96 bits per heavy atom. The number of nitrogens with zero attached hydrogens (tertiary/aromatic N) is 8. The van der Waals surface area contributed by atoms with Crippen LogP contribution >= 0.6 is 0 Å². The zero-order chi connectivity index (χ0) is 18.6. The van der Waals surface area contributed by atoms with Gasteiger partial charge in [-0.2, -0.15) is 4.80 Å². The third-order valence-electron chi connectivity index (χ3n) is 6.40. The molecule has 0 spiro atoms. The van der Waals surface area contributed by atoms with E-state index in [9.17, 15) is 4.79 Å². The summed E-state index contributed by atoms with van der Waals surface area (Å²) in [6.07, 6.45) is 6.22. The topological polar surface area (TPSA) is 128 Å². The summed E-state index contributed by atoms with van der Waals surface area (Å²) in [7, 11) is 0. The van der Waals surface area contributed by atoms with Crippen molar-refractivity contribution in [2.24, 2.45) is 11.8 Å². The van der Waals surface area contributed by atoms with Crippen molar-refractivity contribution in [1.82, 2.24) is 45.7 Å². The van der Waals surface area contributed by atoms with Crippen LogP contribution in [0.2, 0.25) is 0 Å². The molecule has 11 nitrogen and oxygen atoms in total. The Morgan fingerprint density at radius 3 is 2.63 bits per heavy atom. The van der Waals surface area contributed by atoms with Gasteiger partial charge < -0.3 is 5.32 Å². The smallest absolute Gasteiger partial charge is 0.322 e. The lowest BCUT2D eigenvalue weighted by atomic mass is 9.50. The fourth-order valence-corrected chi connectivity index (χ4v) is 5.96. The Morgan fingerprint density at radius 1 is 1.19 bits per heavy atom. The van der Waals surface area contributed by atoms with Crippen molar-refractivity contribution in [2.75, 3.05) is 5.32 Å². The summed E-state index contributed by atoms with van der Waals surface area (Å²) in [5, 5.41) is 30.4. The molecule has 0 saturated heterocycles. The molecule has 2 aromatic heterocycles. The summed E-state index contributed by atoms with van der Waals surface area (Å²) in [4.78, 5) is 14.6. The van der Waals surface area contributed by atoms with Crippen LogP contribution in [0.15, 0.2) is 0 Å². The van der Waals surface area contributed by atoms with Gasteiger partial charge in [0.15, 0.2) is 5.82 Å². The molecule has 11 heteroatoms. The number of aromatic nitrogens is 8. The van der Waals surface area contributed by atoms with Crippen LogP contribution in [0.5, 0.6) is 0 Å². The van der Waals surface area contributed by atoms with Crippen molar-refractivity contribution in [1.29, 1.82) is 0 Å². The quantitative estimate of drug-likeness (QED) is 0.814. The van der Waals surface area contributed by atoms with E-state index in [0.717, 1.165) is 32.1 Å². The second kappa shape index (κ2) is 5.70. The van der Waals surface area contributed by atoms with Gasteiger partial charge in [0.1, 0.15) is 0 Å². The predicted octanol–water partition coefficient (Wildman–Crippen LogP) is 0.858. The number of rotatable bonds is 4. The molecule has 2 N–H and O–H groups in total. The number of nitrogens with one attached hydrogen (secondary N) is 2. The number of hydrogen-bond donors (Lipinski definition) is 2. The molecule has 4 fully saturated rings. The van der Waals surface area contributed by atoms with Crippen LogP contribution in [0.1, 0.15) is 51.3 Å². The number of tetrazole rings is 2. The van der Waals surface area contributed by atoms with Crippen molar-refractivity contribution in [3.8, 4) is 0 Å². The number of anilines is 1. The largest absolute Gasteiger partial charge is 0.332 e. The number of urea groups is 1. The molecule has 2 heterocycles. The molecule has 144 valence electrons. The Balaban J connectivity index is 1.38. The maximum Gasteiger partial charge on any atom is 0.322 e. The van der Waals surface area contributed by atoms with E-state index in [1.807, 2.05) is 18.6 Å². The summed E-state index contributed by atoms with van der Waals surface area (Å²) in [6, 6.07) is -0.251. The van der Waals surface area contributed by atoms with E-state index < -0.39 is 0 Å². The monoisotopic (exact) mass is 372 g/mol. The first-order chi connectivity index (χ1) is 13.0. The Hall–Kier alpha value is -2.59. The summed E-state index contributed by atoms with van der Waals surface area (Å²) in [6.45, 7) is 4.39. The van der Waals surface area contributed by atoms with Crippen LogP contribution in [-0.4, -0.2) is 52.0 Å². The highest BCUT2D eigenvalue weighted by atomic mass is 16.2. The molecule has 4 saturated carbocycles. The molecule has 0 unspecified atom stereocenters. The van der Waals surface area contributed by atoms with Crippen molar-refractivity contribution >= 4 is 12.0 Å². The fourth-order valence-electron chi connectivity index (χ4n) is 5.96. The summed E-state index contributed by atoms with van der Waals surface area (Å²) in [5.41, 5.74) is -0.371. The lowest BCUT2D eigenvalue weighted by Crippen LogP contribution is -2.66. The van der Waals surface area contributed by atoms with Crippen molar-refractivity contribution in [2.45, 2.75) is 70.0 Å². The molecule has 0 radical (unpaired) electrons. The van der Waals surface area contributed by atoms with Crippen LogP contribution in [0, 0.1) is 18.8 Å². The maximum atomic E-state index is 12.7. The number of hydrogen-bond acceptors (Lipinski definition) is 7. The zero-order valence-corrected chi connectivity index (χ0v) is 15.6. The minimum absolute atomic E-state index is 0.135. The van der Waals surface area contributed by atoms with Gasteiger partial charge in [-0.15, -0.1) is 10.2 Å². The van der Waals surface area contributed by atoms with Gasteiger partial charge in [-0.1, -0.05) is 5.10 Å². The van der Waals surface area contributed by atoms with Gasteiger partial charge in [-0.05, 0) is 79.8 Å². The molecule has 2 atom stereocenters. The van der Waals surface area contributed by atoms with E-state index in [1.54, 1.807) is 4.68 Å². The van der Waals surface area contributed by atoms with Gasteiger partial charge in [0.2, 0.25) is 0 Å². The van der Waals surface area contributed by atoms with Crippen LogP contribution in [0.25, 0.3) is 0 Å². The van der Waals surface area contributed by atoms with Crippen molar-refractivity contribution < 1.29 is 4.79 Å². The maximum absolute atomic E-state index is 12.7. The van der Waals surface area contributed by atoms with Crippen LogP contribution in [-0.2, 0) is 12.1 Å². The molecular formula is C16H24N10O. The standard InChI is InChI=1S/C16H24N10O/c1-3-25-13(20-22-24-25)17-14(27)18-15-5-11-4-12(6-15)8-16(7-11,9-15)26-21-10(2)19-23-26/h11-12H,3-9H2,1-2H3,(H2,17,18,20,24,27)/t11-,12-,15?,16?/m1/s1. The third kappa shape index (κ3) is 2.67. The second-order valence-corrected chi connectivity index (χ2v) is 8.49. The van der Waals surface area contributed by atoms with Crippen molar-refractivity contribution in [3.63, 3.8) is 0 Å². The molecule has 2 amide bonds. The second-order valence-electron chi connectivity index (χ2n) is 8.49. The Bertz CT molecular complexity index is 858. The summed E-state index contributed by atoms with van der Waals surface area (Å²) in [5.74, 6) is 2.22. The highest BCUT2D eigenvalue weighted by Crippen LogP contribution is 2.60. The van der Waals surface area contributed by atoms with Gasteiger partial charge in [0, 0.05) is 12.1 Å². The Kier molecular flexibility index (Phi) is 3.50. The van der Waals surface area contributed by atoms with E-state index in [2.05, 4.69) is 41.6 Å². The normalized spacial score (nSPS) is 34.0. The van der Waals surface area contributed by atoms with Gasteiger partial charge in [0.25, 0.3) is 5.95 Å². The molecule has 2 aromatic rings. The lowest BCUT2D eigenvalue weighted by molar-refractivity contribution is -0.0797. The first-order valence-electron chi connectivity index (χ1n) is 9.62. The number of aryl methyl sites for hydroxylation is 2. The number of carbonyl (C=O) groups is 1. The zero-order valence-electron chi connectivity index (χ0n) is 15.6. The first-order valence-corrected chi connectivity index (χ1v) is 9.62. The minimum atomic E-state index is -0.251. The highest BCUT2D eigenvalue weighted by molar-refractivity contribution is 5.88. The van der Waals surface area contributed by atoms with Crippen LogP contribution in [0.3, 0.4) is 0 Å². The van der Waals surface area contributed by atoms with E-state index in [0.29, 0.717) is 30.2 Å². The van der Waals surface area contributed by atoms with E-state index in [-0.39, 0.29) is 17.1 Å². The molecule has 0 aromatic carbocycles. The van der Waals surface area contributed by atoms with Crippen molar-refractivity contribution in [3.05, 3.63) is 5.82 Å². The van der Waals surface area contributed by atoms with Gasteiger partial charge >= 0.3 is 6.03 Å². The molecular weight excluding hydrogens is 348 g/mol. The predicted molar refractivity (Wildman–Crippen MR) is 93.6 cm³/mol. The lowest BCUT2D eigenvalue weighted by Gasteiger charge is -2.61. The van der Waals surface area contributed by atoms with E-state index in [4.69, 9.17) is 0 Å². The molecule has 4 aliphatic rings. The SMILES string of the molecule is CCn1nnnc1NC(=O)NC12C[C@H]3C[C@H](C1)CC(n1nnc(C)n1)(C3)C2. The van der Waals surface area contributed by atoms with Crippen LogP contribution < -0.4 is 10.6 Å².